The molecule has 0 saturated carbocycles. The molecule has 0 spiro atoms. The highest BCUT2D eigenvalue weighted by molar-refractivity contribution is 5.73. The van der Waals surface area contributed by atoms with Crippen LogP contribution in [-0.4, -0.2) is 20.1 Å². The summed E-state index contributed by atoms with van der Waals surface area (Å²) in [4.78, 5) is 4.80. The van der Waals surface area contributed by atoms with Gasteiger partial charge in [-0.3, -0.25) is 0 Å². The molecule has 3 nitrogen and oxygen atoms in total. The minimum Gasteiger partial charge on any atom is -0.489 e. The average Bonchev–Trinajstić information content (AvgIpc) is 3.23. The van der Waals surface area contributed by atoms with E-state index < -0.39 is 0 Å². The fourth-order valence-electron chi connectivity index (χ4n) is 4.59. The molecule has 1 heterocycles. The van der Waals surface area contributed by atoms with Gasteiger partial charge in [-0.1, -0.05) is 48.5 Å². The van der Waals surface area contributed by atoms with Crippen molar-refractivity contribution in [2.75, 3.05) is 29.9 Å². The minimum absolute atomic E-state index is 0.629. The largest absolute Gasteiger partial charge is 0.489 e. The van der Waals surface area contributed by atoms with Gasteiger partial charge in [-0.25, -0.2) is 0 Å². The first-order valence-electron chi connectivity index (χ1n) is 10.6. The average molecular weight is 385 g/mol. The van der Waals surface area contributed by atoms with E-state index in [9.17, 15) is 0 Å². The molecule has 3 aromatic rings. The molecule has 1 aliphatic heterocycles. The van der Waals surface area contributed by atoms with Crippen molar-refractivity contribution in [3.05, 3.63) is 89.0 Å². The molecule has 5 rings (SSSR count). The summed E-state index contributed by atoms with van der Waals surface area (Å²) in [5.74, 6) is 0.990. The summed E-state index contributed by atoms with van der Waals surface area (Å²) in [6, 6.07) is 24.0. The van der Waals surface area contributed by atoms with Gasteiger partial charge in [0, 0.05) is 32.2 Å². The maximum absolute atomic E-state index is 6.30. The van der Waals surface area contributed by atoms with Gasteiger partial charge in [0.15, 0.2) is 0 Å². The second-order valence-corrected chi connectivity index (χ2v) is 8.18. The minimum atomic E-state index is 0.629. The predicted octanol–water partition coefficient (Wildman–Crippen LogP) is 5.21. The third-order valence-electron chi connectivity index (χ3n) is 6.23. The van der Waals surface area contributed by atoms with E-state index in [1.807, 2.05) is 0 Å². The summed E-state index contributed by atoms with van der Waals surface area (Å²) in [6.07, 6.45) is 3.73. The van der Waals surface area contributed by atoms with Crippen LogP contribution >= 0.6 is 0 Å². The zero-order chi connectivity index (χ0) is 19.6. The van der Waals surface area contributed by atoms with Crippen LogP contribution in [0.1, 0.15) is 28.7 Å². The molecule has 0 saturated heterocycles. The molecule has 0 amide bonds. The first-order chi connectivity index (χ1) is 14.3. The zero-order valence-corrected chi connectivity index (χ0v) is 17.1. The van der Waals surface area contributed by atoms with Crippen molar-refractivity contribution in [1.29, 1.82) is 0 Å². The molecule has 1 aliphatic carbocycles. The highest BCUT2D eigenvalue weighted by atomic mass is 16.5. The first kappa shape index (κ1) is 18.1. The number of hydrogen-bond donors (Lipinski definition) is 0. The van der Waals surface area contributed by atoms with Crippen LogP contribution in [-0.2, 0) is 26.0 Å². The first-order valence-corrected chi connectivity index (χ1v) is 10.6. The van der Waals surface area contributed by atoms with Crippen LogP contribution < -0.4 is 14.5 Å². The van der Waals surface area contributed by atoms with Crippen molar-refractivity contribution in [3.8, 4) is 5.75 Å². The number of anilines is 2. The molecule has 0 bridgehead atoms. The van der Waals surface area contributed by atoms with Gasteiger partial charge in [0.1, 0.15) is 12.4 Å². The van der Waals surface area contributed by atoms with Gasteiger partial charge in [0.2, 0.25) is 0 Å². The van der Waals surface area contributed by atoms with Gasteiger partial charge in [-0.2, -0.15) is 0 Å². The molecule has 0 radical (unpaired) electrons. The Morgan fingerprint density at radius 1 is 0.828 bits per heavy atom. The summed E-state index contributed by atoms with van der Waals surface area (Å²) in [5.41, 5.74) is 8.14. The van der Waals surface area contributed by atoms with E-state index in [1.54, 1.807) is 0 Å². The lowest BCUT2D eigenvalue weighted by atomic mass is 10.1. The Morgan fingerprint density at radius 2 is 1.62 bits per heavy atom. The number of benzene rings is 3. The Bertz CT molecular complexity index is 1010. The second-order valence-electron chi connectivity index (χ2n) is 8.18. The maximum Gasteiger partial charge on any atom is 0.124 e. The summed E-state index contributed by atoms with van der Waals surface area (Å²) in [5, 5.41) is 0. The van der Waals surface area contributed by atoms with Crippen molar-refractivity contribution in [3.63, 3.8) is 0 Å². The summed E-state index contributed by atoms with van der Waals surface area (Å²) in [6.45, 7) is 3.55. The number of hydrogen-bond acceptors (Lipinski definition) is 3. The lowest BCUT2D eigenvalue weighted by Crippen LogP contribution is -2.38. The fourth-order valence-corrected chi connectivity index (χ4v) is 4.59. The molecule has 0 N–H and O–H groups in total. The van der Waals surface area contributed by atoms with Crippen LogP contribution in [0.2, 0.25) is 0 Å². The van der Waals surface area contributed by atoms with E-state index in [1.165, 1.54) is 52.9 Å². The maximum atomic E-state index is 6.30. The van der Waals surface area contributed by atoms with Crippen LogP contribution in [0.5, 0.6) is 5.75 Å². The van der Waals surface area contributed by atoms with E-state index in [0.717, 1.165) is 25.4 Å². The number of rotatable bonds is 5. The predicted molar refractivity (Wildman–Crippen MR) is 120 cm³/mol. The third kappa shape index (κ3) is 3.69. The lowest BCUT2D eigenvalue weighted by Gasteiger charge is -2.37. The molecule has 3 aromatic carbocycles. The fraction of sp³-hybridized carbons (Fsp3) is 0.308. The molecule has 148 valence electrons. The van der Waals surface area contributed by atoms with E-state index >= 15 is 0 Å². The molecule has 3 heteroatoms. The number of aryl methyl sites for hydroxylation is 2. The van der Waals surface area contributed by atoms with Crippen LogP contribution in [0.4, 0.5) is 11.4 Å². The Morgan fingerprint density at radius 3 is 2.55 bits per heavy atom. The van der Waals surface area contributed by atoms with Crippen molar-refractivity contribution < 1.29 is 4.74 Å². The topological polar surface area (TPSA) is 15.7 Å². The highest BCUT2D eigenvalue weighted by Gasteiger charge is 2.21. The third-order valence-corrected chi connectivity index (χ3v) is 6.23. The Hall–Kier alpha value is -2.94. The number of ether oxygens (including phenoxy) is 1. The molecule has 29 heavy (non-hydrogen) atoms. The molecule has 2 aliphatic rings. The molecule has 0 fully saturated rings. The van der Waals surface area contributed by atoms with Crippen LogP contribution in [0.25, 0.3) is 0 Å². The highest BCUT2D eigenvalue weighted by Crippen LogP contribution is 2.34. The number of nitrogens with zero attached hydrogens (tertiary/aromatic N) is 2. The van der Waals surface area contributed by atoms with E-state index in [4.69, 9.17) is 4.74 Å². The van der Waals surface area contributed by atoms with Gasteiger partial charge in [0.05, 0.1) is 11.4 Å². The van der Waals surface area contributed by atoms with Crippen LogP contribution in [0.3, 0.4) is 0 Å². The Kier molecular flexibility index (Phi) is 4.89. The van der Waals surface area contributed by atoms with Crippen LogP contribution in [0, 0.1) is 0 Å². The quantitative estimate of drug-likeness (QED) is 0.600. The van der Waals surface area contributed by atoms with Gasteiger partial charge in [0.25, 0.3) is 0 Å². The monoisotopic (exact) mass is 384 g/mol. The van der Waals surface area contributed by atoms with Crippen molar-refractivity contribution >= 4 is 11.4 Å². The van der Waals surface area contributed by atoms with Gasteiger partial charge < -0.3 is 14.5 Å². The Labute approximate surface area is 173 Å². The van der Waals surface area contributed by atoms with Gasteiger partial charge in [-0.05, 0) is 54.2 Å². The molecular formula is C26H28N2O. The van der Waals surface area contributed by atoms with Crippen LogP contribution in [0.15, 0.2) is 66.7 Å². The number of fused-ring (bicyclic) bond motifs is 2. The van der Waals surface area contributed by atoms with Gasteiger partial charge in [-0.15, -0.1) is 0 Å². The van der Waals surface area contributed by atoms with Crippen molar-refractivity contribution in [2.45, 2.75) is 32.4 Å². The molecular weight excluding hydrogens is 356 g/mol. The smallest absolute Gasteiger partial charge is 0.124 e. The standard InChI is InChI=1S/C26H28N2O/c1-27-15-16-28(25-11-4-3-10-24(25)27)18-23-7-2-5-12-26(23)29-19-20-13-14-21-8-6-9-22(21)17-20/h2-5,7,10-14,17H,6,8-9,15-16,18-19H2,1H3. The summed E-state index contributed by atoms with van der Waals surface area (Å²) < 4.78 is 6.30. The van der Waals surface area contributed by atoms with Gasteiger partial charge >= 0.3 is 0 Å². The summed E-state index contributed by atoms with van der Waals surface area (Å²) in [7, 11) is 2.17. The van der Waals surface area contributed by atoms with E-state index in [-0.39, 0.29) is 0 Å². The van der Waals surface area contributed by atoms with E-state index in [2.05, 4.69) is 83.6 Å². The molecule has 0 atom stereocenters. The summed E-state index contributed by atoms with van der Waals surface area (Å²) >= 11 is 0. The van der Waals surface area contributed by atoms with E-state index in [0.29, 0.717) is 6.61 Å². The number of para-hydroxylation sites is 3. The number of likely N-dealkylation sites (N-methyl/N-ethyl adjacent to an activating group) is 1. The lowest BCUT2D eigenvalue weighted by molar-refractivity contribution is 0.302. The SMILES string of the molecule is CN1CCN(Cc2ccccc2OCc2ccc3c(c2)CCC3)c2ccccc21. The van der Waals surface area contributed by atoms with Crippen molar-refractivity contribution in [2.24, 2.45) is 0 Å². The Balaban J connectivity index is 1.33. The second kappa shape index (κ2) is 7.82. The normalized spacial score (nSPS) is 15.2. The molecule has 0 aromatic heterocycles. The molecule has 0 unspecified atom stereocenters. The van der Waals surface area contributed by atoms with Crippen molar-refractivity contribution in [1.82, 2.24) is 0 Å². The zero-order valence-electron chi connectivity index (χ0n) is 17.1.